The van der Waals surface area contributed by atoms with Gasteiger partial charge in [0.05, 0.1) is 59.0 Å². The predicted molar refractivity (Wildman–Crippen MR) is 187 cm³/mol. The third-order valence-corrected chi connectivity index (χ3v) is 10.8. The number of aromatic nitrogens is 3. The van der Waals surface area contributed by atoms with E-state index in [9.17, 15) is 0 Å². The zero-order valence-corrected chi connectivity index (χ0v) is 29.6. The monoisotopic (exact) mass is 665 g/mol. The molecule has 3 fully saturated rings. The second kappa shape index (κ2) is 18.6. The second-order valence-corrected chi connectivity index (χ2v) is 14.3. The molecule has 1 aliphatic heterocycles. The van der Waals surface area contributed by atoms with Crippen LogP contribution in [0.5, 0.6) is 0 Å². The molecule has 1 spiro atoms. The van der Waals surface area contributed by atoms with Crippen molar-refractivity contribution in [2.45, 2.75) is 108 Å². The highest BCUT2D eigenvalue weighted by Crippen LogP contribution is 2.62. The number of nitrogens with zero attached hydrogens (tertiary/aromatic N) is 4. The number of likely N-dealkylation sites (tertiary alicyclic amines) is 1. The number of rotatable bonds is 22. The molecule has 2 N–H and O–H groups in total. The molecule has 4 atom stereocenters. The summed E-state index contributed by atoms with van der Waals surface area (Å²) < 4.78 is 30.3. The molecule has 0 radical (unpaired) electrons. The maximum atomic E-state index is 6.58. The summed E-state index contributed by atoms with van der Waals surface area (Å²) in [6.07, 6.45) is 14.7. The van der Waals surface area contributed by atoms with Crippen LogP contribution in [-0.2, 0) is 23.7 Å². The number of benzene rings is 1. The summed E-state index contributed by atoms with van der Waals surface area (Å²) in [7, 11) is 0. The van der Waals surface area contributed by atoms with E-state index in [4.69, 9.17) is 40.9 Å². The van der Waals surface area contributed by atoms with Crippen LogP contribution in [0.1, 0.15) is 100 Å². The minimum atomic E-state index is 0.0819. The van der Waals surface area contributed by atoms with E-state index < -0.39 is 0 Å². The van der Waals surface area contributed by atoms with Crippen molar-refractivity contribution in [3.05, 3.63) is 47.5 Å². The SMILES string of the molecule is C#CCOCCOCCOCCOCCOC1CC2(C1)CC(c1nnc(C)n1C(C)CC1CCC(C)N1CCC(N)c1ccccc1)C2. The summed E-state index contributed by atoms with van der Waals surface area (Å²) in [5, 5.41) is 9.30. The van der Waals surface area contributed by atoms with Gasteiger partial charge in [0.2, 0.25) is 0 Å². The normalized spacial score (nSPS) is 26.6. The van der Waals surface area contributed by atoms with Crippen LogP contribution in [0.2, 0.25) is 0 Å². The van der Waals surface area contributed by atoms with Gasteiger partial charge in [-0.2, -0.15) is 0 Å². The molecule has 2 aromatic rings. The molecule has 0 amide bonds. The summed E-state index contributed by atoms with van der Waals surface area (Å²) in [4.78, 5) is 2.71. The summed E-state index contributed by atoms with van der Waals surface area (Å²) in [6.45, 7) is 12.7. The smallest absolute Gasteiger partial charge is 0.136 e. The Labute approximate surface area is 288 Å². The van der Waals surface area contributed by atoms with Gasteiger partial charge in [-0.1, -0.05) is 36.3 Å². The van der Waals surface area contributed by atoms with Crippen LogP contribution >= 0.6 is 0 Å². The number of hydrogen-bond acceptors (Lipinski definition) is 9. The molecule has 48 heavy (non-hydrogen) atoms. The third kappa shape index (κ3) is 10.1. The lowest BCUT2D eigenvalue weighted by atomic mass is 9.50. The fourth-order valence-electron chi connectivity index (χ4n) is 8.23. The standard InChI is InChI=1S/C38H59N5O5/c1-5-15-44-16-17-45-18-19-46-20-21-47-22-23-48-35-27-38(28-35)25-33(26-38)37-41-40-31(4)43(37)30(3)24-34-12-11-29(2)42(34)14-13-36(39)32-9-7-6-8-10-32/h1,6-10,29-30,33-36H,11-28,39H2,2-4H3. The zero-order valence-electron chi connectivity index (χ0n) is 29.6. The molecule has 5 rings (SSSR count). The average Bonchev–Trinajstić information content (AvgIpc) is 3.61. The van der Waals surface area contributed by atoms with Crippen LogP contribution < -0.4 is 5.73 Å². The molecule has 0 bridgehead atoms. The third-order valence-electron chi connectivity index (χ3n) is 10.8. The van der Waals surface area contributed by atoms with Crippen LogP contribution in [0.25, 0.3) is 0 Å². The first-order valence-corrected chi connectivity index (χ1v) is 18.2. The van der Waals surface area contributed by atoms with Crippen LogP contribution in [-0.4, -0.2) is 104 Å². The van der Waals surface area contributed by atoms with E-state index in [1.807, 2.05) is 0 Å². The van der Waals surface area contributed by atoms with Gasteiger partial charge in [0, 0.05) is 36.6 Å². The summed E-state index contributed by atoms with van der Waals surface area (Å²) in [5.74, 6) is 5.15. The van der Waals surface area contributed by atoms with Gasteiger partial charge >= 0.3 is 0 Å². The largest absolute Gasteiger partial charge is 0.377 e. The molecule has 10 heteroatoms. The Hall–Kier alpha value is -2.36. The molecular weight excluding hydrogens is 606 g/mol. The highest BCUT2D eigenvalue weighted by molar-refractivity contribution is 5.18. The van der Waals surface area contributed by atoms with E-state index in [1.54, 1.807) is 0 Å². The molecule has 2 saturated carbocycles. The summed E-state index contributed by atoms with van der Waals surface area (Å²) in [6, 6.07) is 12.1. The minimum Gasteiger partial charge on any atom is -0.377 e. The molecule has 2 heterocycles. The fraction of sp³-hybridized carbons (Fsp3) is 0.737. The Morgan fingerprint density at radius 2 is 1.56 bits per heavy atom. The lowest BCUT2D eigenvalue weighted by Gasteiger charge is -2.57. The van der Waals surface area contributed by atoms with Gasteiger partial charge in [-0.25, -0.2) is 0 Å². The summed E-state index contributed by atoms with van der Waals surface area (Å²) in [5.41, 5.74) is 8.23. The van der Waals surface area contributed by atoms with Gasteiger partial charge in [0.1, 0.15) is 18.3 Å². The Balaban J connectivity index is 0.954. The molecular formula is C38H59N5O5. The Morgan fingerprint density at radius 3 is 2.23 bits per heavy atom. The predicted octanol–water partition coefficient (Wildman–Crippen LogP) is 5.22. The summed E-state index contributed by atoms with van der Waals surface area (Å²) >= 11 is 0. The topological polar surface area (TPSA) is 106 Å². The molecule has 3 aliphatic rings. The van der Waals surface area contributed by atoms with Crippen molar-refractivity contribution in [3.63, 3.8) is 0 Å². The van der Waals surface area contributed by atoms with Crippen LogP contribution in [0.3, 0.4) is 0 Å². The Morgan fingerprint density at radius 1 is 0.917 bits per heavy atom. The molecule has 2 aliphatic carbocycles. The van der Waals surface area contributed by atoms with Crippen molar-refractivity contribution in [1.29, 1.82) is 0 Å². The number of aryl methyl sites for hydroxylation is 1. The van der Waals surface area contributed by atoms with Crippen molar-refractivity contribution in [2.24, 2.45) is 11.1 Å². The van der Waals surface area contributed by atoms with Crippen LogP contribution in [0, 0.1) is 24.7 Å². The van der Waals surface area contributed by atoms with E-state index in [0.29, 0.717) is 95.0 Å². The second-order valence-electron chi connectivity index (χ2n) is 14.3. The zero-order chi connectivity index (χ0) is 33.8. The quantitative estimate of drug-likeness (QED) is 0.134. The van der Waals surface area contributed by atoms with Gasteiger partial charge < -0.3 is 34.0 Å². The molecule has 1 aromatic carbocycles. The van der Waals surface area contributed by atoms with E-state index >= 15 is 0 Å². The average molecular weight is 666 g/mol. The lowest BCUT2D eigenvalue weighted by Crippen LogP contribution is -2.50. The first-order chi connectivity index (χ1) is 23.4. The van der Waals surface area contributed by atoms with Gasteiger partial charge in [-0.05, 0) is 83.1 Å². The highest BCUT2D eigenvalue weighted by atomic mass is 16.6. The number of terminal acetylenes is 1. The van der Waals surface area contributed by atoms with Crippen molar-refractivity contribution in [2.75, 3.05) is 66.0 Å². The first-order valence-electron chi connectivity index (χ1n) is 18.2. The van der Waals surface area contributed by atoms with E-state index in [-0.39, 0.29) is 6.04 Å². The van der Waals surface area contributed by atoms with E-state index in [1.165, 1.54) is 37.1 Å². The van der Waals surface area contributed by atoms with Crippen molar-refractivity contribution in [1.82, 2.24) is 19.7 Å². The van der Waals surface area contributed by atoms with Crippen LogP contribution in [0.15, 0.2) is 30.3 Å². The molecule has 10 nitrogen and oxygen atoms in total. The van der Waals surface area contributed by atoms with Crippen molar-refractivity contribution in [3.8, 4) is 12.3 Å². The number of nitrogens with two attached hydrogens (primary N) is 1. The number of hydrogen-bond donors (Lipinski definition) is 1. The highest BCUT2D eigenvalue weighted by Gasteiger charge is 2.55. The Bertz CT molecular complexity index is 1250. The first kappa shape index (κ1) is 36.9. The molecule has 266 valence electrons. The maximum Gasteiger partial charge on any atom is 0.136 e. The molecule has 4 unspecified atom stereocenters. The van der Waals surface area contributed by atoms with E-state index in [0.717, 1.165) is 38.1 Å². The maximum absolute atomic E-state index is 6.58. The molecule has 1 aromatic heterocycles. The van der Waals surface area contributed by atoms with Crippen LogP contribution in [0.4, 0.5) is 0 Å². The molecule has 1 saturated heterocycles. The van der Waals surface area contributed by atoms with Gasteiger partial charge in [0.15, 0.2) is 0 Å². The Kier molecular flexibility index (Phi) is 14.3. The van der Waals surface area contributed by atoms with E-state index in [2.05, 4.69) is 71.6 Å². The minimum absolute atomic E-state index is 0.0819. The van der Waals surface area contributed by atoms with Gasteiger partial charge in [0.25, 0.3) is 0 Å². The van der Waals surface area contributed by atoms with Gasteiger partial charge in [-0.15, -0.1) is 16.6 Å². The number of ether oxygens (including phenoxy) is 5. The van der Waals surface area contributed by atoms with Crippen molar-refractivity contribution >= 4 is 0 Å². The fourth-order valence-corrected chi connectivity index (χ4v) is 8.23. The van der Waals surface area contributed by atoms with Crippen molar-refractivity contribution < 1.29 is 23.7 Å². The van der Waals surface area contributed by atoms with Gasteiger partial charge in [-0.3, -0.25) is 4.90 Å². The lowest BCUT2D eigenvalue weighted by molar-refractivity contribution is -0.134.